The summed E-state index contributed by atoms with van der Waals surface area (Å²) < 4.78 is 27.4. The number of fused-ring (bicyclic) bond motifs is 1. The molecule has 1 aliphatic rings. The minimum atomic E-state index is -0.869. The quantitative estimate of drug-likeness (QED) is 0.509. The molecule has 146 valence electrons. The maximum absolute atomic E-state index is 14.2. The van der Waals surface area contributed by atoms with Gasteiger partial charge in [-0.1, -0.05) is 23.7 Å². The Morgan fingerprint density at radius 1 is 1.28 bits per heavy atom. The van der Waals surface area contributed by atoms with E-state index in [2.05, 4.69) is 4.98 Å². The molecule has 1 aliphatic carbocycles. The number of benzene rings is 2. The SMILES string of the molecule is CC(=O)N(c1nc(C=C2Cc3c(Cl)cccc3C2=O)cs1)c1ccc(F)cc1F. The van der Waals surface area contributed by atoms with Gasteiger partial charge in [0.05, 0.1) is 11.4 Å². The first kappa shape index (κ1) is 19.4. The van der Waals surface area contributed by atoms with Crippen molar-refractivity contribution < 1.29 is 18.4 Å². The maximum Gasteiger partial charge on any atom is 0.230 e. The summed E-state index contributed by atoms with van der Waals surface area (Å²) in [4.78, 5) is 30.2. The number of hydrogen-bond donors (Lipinski definition) is 0. The molecule has 4 rings (SSSR count). The van der Waals surface area contributed by atoms with Crippen LogP contribution >= 0.6 is 22.9 Å². The number of anilines is 2. The molecule has 4 nitrogen and oxygen atoms in total. The van der Waals surface area contributed by atoms with Crippen LogP contribution in [0.25, 0.3) is 6.08 Å². The van der Waals surface area contributed by atoms with Crippen LogP contribution in [0.4, 0.5) is 19.6 Å². The van der Waals surface area contributed by atoms with Gasteiger partial charge in [0, 0.05) is 41.0 Å². The van der Waals surface area contributed by atoms with E-state index in [4.69, 9.17) is 11.6 Å². The van der Waals surface area contributed by atoms with E-state index in [1.165, 1.54) is 13.0 Å². The summed E-state index contributed by atoms with van der Waals surface area (Å²) in [6, 6.07) is 8.16. The average molecular weight is 431 g/mol. The van der Waals surface area contributed by atoms with Crippen LogP contribution in [0.3, 0.4) is 0 Å². The summed E-state index contributed by atoms with van der Waals surface area (Å²) in [5.74, 6) is -2.20. The van der Waals surface area contributed by atoms with E-state index >= 15 is 0 Å². The Hall–Kier alpha value is -2.90. The van der Waals surface area contributed by atoms with Crippen LogP contribution in [0.1, 0.15) is 28.5 Å². The van der Waals surface area contributed by atoms with Crippen LogP contribution in [-0.2, 0) is 11.2 Å². The second kappa shape index (κ2) is 7.50. The fraction of sp³-hybridized carbons (Fsp3) is 0.0952. The smallest absolute Gasteiger partial charge is 0.230 e. The van der Waals surface area contributed by atoms with Gasteiger partial charge in [0.25, 0.3) is 0 Å². The molecular weight excluding hydrogens is 418 g/mol. The molecular formula is C21H13ClF2N2O2S. The van der Waals surface area contributed by atoms with Crippen molar-refractivity contribution in [2.45, 2.75) is 13.3 Å². The van der Waals surface area contributed by atoms with Crippen molar-refractivity contribution in [1.82, 2.24) is 4.98 Å². The molecule has 0 N–H and O–H groups in total. The highest BCUT2D eigenvalue weighted by Gasteiger charge is 2.27. The molecule has 3 aromatic rings. The molecule has 8 heteroatoms. The van der Waals surface area contributed by atoms with Gasteiger partial charge in [0.15, 0.2) is 10.9 Å². The van der Waals surface area contributed by atoms with Gasteiger partial charge in [-0.25, -0.2) is 13.8 Å². The Kier molecular flexibility index (Phi) is 5.02. The Morgan fingerprint density at radius 2 is 2.07 bits per heavy atom. The number of nitrogens with zero attached hydrogens (tertiary/aromatic N) is 2. The lowest BCUT2D eigenvalue weighted by molar-refractivity contribution is -0.115. The highest BCUT2D eigenvalue weighted by molar-refractivity contribution is 7.14. The monoisotopic (exact) mass is 430 g/mol. The van der Waals surface area contributed by atoms with Crippen LogP contribution in [-0.4, -0.2) is 16.7 Å². The van der Waals surface area contributed by atoms with E-state index in [-0.39, 0.29) is 16.6 Å². The molecule has 0 spiro atoms. The standard InChI is InChI=1S/C21H13ClF2N2O2S/c1-11(27)26(19-6-5-13(23)9-18(19)24)21-25-14(10-29-21)7-12-8-16-15(20(12)28)3-2-4-17(16)22/h2-7,9-10H,8H2,1H3. The fourth-order valence-electron chi connectivity index (χ4n) is 3.21. The first-order valence-corrected chi connectivity index (χ1v) is 9.85. The third kappa shape index (κ3) is 3.59. The molecule has 2 aromatic carbocycles. The lowest BCUT2D eigenvalue weighted by atomic mass is 10.1. The van der Waals surface area contributed by atoms with Gasteiger partial charge in [0.2, 0.25) is 5.91 Å². The number of aromatic nitrogens is 1. The van der Waals surface area contributed by atoms with Crippen molar-refractivity contribution in [3.05, 3.63) is 80.8 Å². The van der Waals surface area contributed by atoms with Gasteiger partial charge in [-0.3, -0.25) is 14.5 Å². The molecule has 0 atom stereocenters. The molecule has 0 aliphatic heterocycles. The van der Waals surface area contributed by atoms with Crippen molar-refractivity contribution in [3.63, 3.8) is 0 Å². The first-order valence-electron chi connectivity index (χ1n) is 8.59. The van der Waals surface area contributed by atoms with Crippen molar-refractivity contribution in [2.24, 2.45) is 0 Å². The number of thiazole rings is 1. The third-order valence-electron chi connectivity index (χ3n) is 4.51. The van der Waals surface area contributed by atoms with Crippen molar-refractivity contribution in [1.29, 1.82) is 0 Å². The Bertz CT molecular complexity index is 1190. The zero-order chi connectivity index (χ0) is 20.7. The highest BCUT2D eigenvalue weighted by Crippen LogP contribution is 2.35. The zero-order valence-corrected chi connectivity index (χ0v) is 16.7. The van der Waals surface area contributed by atoms with Gasteiger partial charge < -0.3 is 0 Å². The summed E-state index contributed by atoms with van der Waals surface area (Å²) in [5.41, 5.74) is 2.25. The van der Waals surface area contributed by atoms with E-state index in [1.807, 2.05) is 0 Å². The molecule has 0 unspecified atom stereocenters. The van der Waals surface area contributed by atoms with E-state index in [0.717, 1.165) is 27.9 Å². The topological polar surface area (TPSA) is 50.3 Å². The Morgan fingerprint density at radius 3 is 2.76 bits per heavy atom. The van der Waals surface area contributed by atoms with Gasteiger partial charge in [-0.05, 0) is 29.8 Å². The summed E-state index contributed by atoms with van der Waals surface area (Å²) >= 11 is 7.30. The van der Waals surface area contributed by atoms with Gasteiger partial charge in [-0.15, -0.1) is 11.3 Å². The molecule has 0 radical (unpaired) electrons. The molecule has 29 heavy (non-hydrogen) atoms. The minimum absolute atomic E-state index is 0.0939. The molecule has 1 heterocycles. The lowest BCUT2D eigenvalue weighted by Gasteiger charge is -2.18. The lowest BCUT2D eigenvalue weighted by Crippen LogP contribution is -2.23. The number of ketones is 1. The van der Waals surface area contributed by atoms with Crippen LogP contribution in [0.15, 0.2) is 47.4 Å². The number of amides is 1. The number of halogens is 3. The number of allylic oxidation sites excluding steroid dienone is 1. The van der Waals surface area contributed by atoms with Gasteiger partial charge >= 0.3 is 0 Å². The number of rotatable bonds is 3. The Balaban J connectivity index is 1.67. The van der Waals surface area contributed by atoms with Crippen molar-refractivity contribution in [3.8, 4) is 0 Å². The summed E-state index contributed by atoms with van der Waals surface area (Å²) in [6.07, 6.45) is 2.03. The van der Waals surface area contributed by atoms with E-state index in [1.54, 1.807) is 29.7 Å². The summed E-state index contributed by atoms with van der Waals surface area (Å²) in [7, 11) is 0. The van der Waals surface area contributed by atoms with Gasteiger partial charge in [0.1, 0.15) is 11.6 Å². The summed E-state index contributed by atoms with van der Waals surface area (Å²) in [5, 5.41) is 2.42. The second-order valence-corrected chi connectivity index (χ2v) is 7.69. The molecule has 1 amide bonds. The minimum Gasteiger partial charge on any atom is -0.289 e. The molecule has 0 saturated heterocycles. The predicted molar refractivity (Wildman–Crippen MR) is 109 cm³/mol. The maximum atomic E-state index is 14.2. The first-order chi connectivity index (χ1) is 13.8. The highest BCUT2D eigenvalue weighted by atomic mass is 35.5. The van der Waals surface area contributed by atoms with E-state index in [9.17, 15) is 18.4 Å². The third-order valence-corrected chi connectivity index (χ3v) is 5.71. The van der Waals surface area contributed by atoms with Crippen LogP contribution < -0.4 is 4.90 Å². The fourth-order valence-corrected chi connectivity index (χ4v) is 4.28. The van der Waals surface area contributed by atoms with Crippen molar-refractivity contribution >= 4 is 51.5 Å². The average Bonchev–Trinajstić information content (AvgIpc) is 3.24. The number of Topliss-reactive ketones (excluding diaryl/α,β-unsaturated/α-hetero) is 1. The molecule has 0 bridgehead atoms. The normalized spacial score (nSPS) is 14.3. The molecule has 1 aromatic heterocycles. The van der Waals surface area contributed by atoms with Crippen molar-refractivity contribution in [2.75, 3.05) is 4.90 Å². The van der Waals surface area contributed by atoms with E-state index < -0.39 is 17.5 Å². The van der Waals surface area contributed by atoms with Gasteiger partial charge in [-0.2, -0.15) is 0 Å². The number of hydrogen-bond acceptors (Lipinski definition) is 4. The number of carbonyl (C=O) groups excluding carboxylic acids is 2. The number of carbonyl (C=O) groups is 2. The largest absolute Gasteiger partial charge is 0.289 e. The van der Waals surface area contributed by atoms with E-state index in [0.29, 0.717) is 34.3 Å². The van der Waals surface area contributed by atoms with Crippen LogP contribution in [0.5, 0.6) is 0 Å². The second-order valence-electron chi connectivity index (χ2n) is 6.45. The molecule has 0 fully saturated rings. The Labute approximate surface area is 174 Å². The predicted octanol–water partition coefficient (Wildman–Crippen LogP) is 5.58. The van der Waals surface area contributed by atoms with Crippen LogP contribution in [0.2, 0.25) is 5.02 Å². The van der Waals surface area contributed by atoms with Crippen LogP contribution in [0, 0.1) is 11.6 Å². The summed E-state index contributed by atoms with van der Waals surface area (Å²) in [6.45, 7) is 1.27. The molecule has 0 saturated carbocycles. The zero-order valence-electron chi connectivity index (χ0n) is 15.1.